The summed E-state index contributed by atoms with van der Waals surface area (Å²) < 4.78 is 18.9. The fraction of sp³-hybridized carbons (Fsp3) is 0.120. The number of amides is 2. The van der Waals surface area contributed by atoms with Gasteiger partial charge in [-0.1, -0.05) is 0 Å². The SMILES string of the molecule is O=C(Nc1cnc(-c2ccc(F)cc2)c(-c2ccco2)n1)c1ccc(N2CCCC2=O)cc1. The van der Waals surface area contributed by atoms with E-state index in [0.717, 1.165) is 12.1 Å². The quantitative estimate of drug-likeness (QED) is 0.474. The minimum absolute atomic E-state index is 0.0918. The zero-order valence-electron chi connectivity index (χ0n) is 17.5. The molecule has 2 amide bonds. The number of rotatable bonds is 5. The maximum atomic E-state index is 13.4. The van der Waals surface area contributed by atoms with Crippen molar-refractivity contribution in [2.75, 3.05) is 16.8 Å². The second-order valence-corrected chi connectivity index (χ2v) is 7.59. The molecule has 1 saturated heterocycles. The molecule has 0 radical (unpaired) electrons. The number of halogens is 1. The van der Waals surface area contributed by atoms with Gasteiger partial charge in [-0.2, -0.15) is 0 Å². The van der Waals surface area contributed by atoms with Crippen LogP contribution in [0.25, 0.3) is 22.7 Å². The average molecular weight is 442 g/mol. The molecular weight excluding hydrogens is 423 g/mol. The number of hydrogen-bond donors (Lipinski definition) is 1. The van der Waals surface area contributed by atoms with E-state index in [1.54, 1.807) is 53.4 Å². The third kappa shape index (κ3) is 4.23. The first-order valence-electron chi connectivity index (χ1n) is 10.5. The molecule has 1 N–H and O–H groups in total. The number of nitrogens with zero attached hydrogens (tertiary/aromatic N) is 3. The Bertz CT molecular complexity index is 1300. The molecule has 8 heteroatoms. The van der Waals surface area contributed by atoms with Gasteiger partial charge in [-0.3, -0.25) is 9.59 Å². The third-order valence-electron chi connectivity index (χ3n) is 5.40. The Hall–Kier alpha value is -4.33. The Morgan fingerprint density at radius 1 is 1.03 bits per heavy atom. The zero-order valence-corrected chi connectivity index (χ0v) is 17.5. The van der Waals surface area contributed by atoms with Crippen molar-refractivity contribution in [2.45, 2.75) is 12.8 Å². The van der Waals surface area contributed by atoms with Gasteiger partial charge in [0, 0.05) is 29.8 Å². The molecule has 0 saturated carbocycles. The summed E-state index contributed by atoms with van der Waals surface area (Å²) in [4.78, 5) is 35.4. The Labute approximate surface area is 188 Å². The minimum Gasteiger partial charge on any atom is -0.463 e. The Morgan fingerprint density at radius 3 is 2.48 bits per heavy atom. The van der Waals surface area contributed by atoms with E-state index in [1.807, 2.05) is 0 Å². The number of anilines is 2. The molecule has 0 bridgehead atoms. The van der Waals surface area contributed by atoms with Crippen molar-refractivity contribution in [3.63, 3.8) is 0 Å². The van der Waals surface area contributed by atoms with Crippen molar-refractivity contribution in [3.8, 4) is 22.7 Å². The van der Waals surface area contributed by atoms with Gasteiger partial charge in [-0.25, -0.2) is 14.4 Å². The Balaban J connectivity index is 1.40. The van der Waals surface area contributed by atoms with Gasteiger partial charge >= 0.3 is 0 Å². The van der Waals surface area contributed by atoms with Crippen molar-refractivity contribution >= 4 is 23.3 Å². The van der Waals surface area contributed by atoms with Crippen molar-refractivity contribution in [1.29, 1.82) is 0 Å². The maximum Gasteiger partial charge on any atom is 0.256 e. The highest BCUT2D eigenvalue weighted by molar-refractivity contribution is 6.04. The van der Waals surface area contributed by atoms with Crippen LogP contribution in [0, 0.1) is 5.82 Å². The van der Waals surface area contributed by atoms with Gasteiger partial charge in [-0.15, -0.1) is 0 Å². The lowest BCUT2D eigenvalue weighted by atomic mass is 10.1. The molecule has 5 rings (SSSR count). The summed E-state index contributed by atoms with van der Waals surface area (Å²) in [7, 11) is 0. The lowest BCUT2D eigenvalue weighted by molar-refractivity contribution is -0.117. The molecule has 1 fully saturated rings. The molecule has 0 atom stereocenters. The first kappa shape index (κ1) is 20.6. The smallest absolute Gasteiger partial charge is 0.256 e. The van der Waals surface area contributed by atoms with Gasteiger partial charge in [-0.05, 0) is 67.1 Å². The van der Waals surface area contributed by atoms with Gasteiger partial charge in [0.05, 0.1) is 18.2 Å². The number of aromatic nitrogens is 2. The van der Waals surface area contributed by atoms with Gasteiger partial charge in [0.15, 0.2) is 11.6 Å². The summed E-state index contributed by atoms with van der Waals surface area (Å²) in [6, 6.07) is 16.2. The number of hydrogen-bond acceptors (Lipinski definition) is 5. The first-order chi connectivity index (χ1) is 16.1. The average Bonchev–Trinajstić information content (AvgIpc) is 3.52. The van der Waals surface area contributed by atoms with Crippen LogP contribution in [0.15, 0.2) is 77.5 Å². The standard InChI is InChI=1S/C25H19FN4O3/c26-18-9-5-16(6-10-18)23-24(20-3-2-14-33-20)28-21(15-27-23)29-25(32)17-7-11-19(12-8-17)30-13-1-4-22(30)31/h2-3,5-12,14-15H,1,4,13H2,(H,28,29,32). The number of carbonyl (C=O) groups is 2. The van der Waals surface area contributed by atoms with Crippen molar-refractivity contribution in [1.82, 2.24) is 9.97 Å². The highest BCUT2D eigenvalue weighted by atomic mass is 19.1. The minimum atomic E-state index is -0.358. The lowest BCUT2D eigenvalue weighted by Crippen LogP contribution is -2.23. The molecule has 0 unspecified atom stereocenters. The Morgan fingerprint density at radius 2 is 1.82 bits per heavy atom. The van der Waals surface area contributed by atoms with E-state index in [4.69, 9.17) is 4.42 Å². The van der Waals surface area contributed by atoms with Crippen LogP contribution in [-0.4, -0.2) is 28.3 Å². The van der Waals surface area contributed by atoms with Crippen LogP contribution >= 0.6 is 0 Å². The van der Waals surface area contributed by atoms with Gasteiger partial charge in [0.1, 0.15) is 11.5 Å². The number of carbonyl (C=O) groups excluding carboxylic acids is 2. The molecule has 0 spiro atoms. The van der Waals surface area contributed by atoms with E-state index >= 15 is 0 Å². The lowest BCUT2D eigenvalue weighted by Gasteiger charge is -2.15. The van der Waals surface area contributed by atoms with Crippen molar-refractivity contribution < 1.29 is 18.4 Å². The molecule has 4 aromatic rings. The number of benzene rings is 2. The van der Waals surface area contributed by atoms with Crippen LogP contribution < -0.4 is 10.2 Å². The van der Waals surface area contributed by atoms with Crippen LogP contribution in [0.3, 0.4) is 0 Å². The highest BCUT2D eigenvalue weighted by Gasteiger charge is 2.22. The number of furan rings is 1. The molecule has 1 aliphatic rings. The van der Waals surface area contributed by atoms with E-state index in [0.29, 0.717) is 41.2 Å². The second-order valence-electron chi connectivity index (χ2n) is 7.59. The van der Waals surface area contributed by atoms with Crippen LogP contribution in [-0.2, 0) is 4.79 Å². The molecule has 2 aromatic heterocycles. The van der Waals surface area contributed by atoms with E-state index < -0.39 is 0 Å². The molecule has 33 heavy (non-hydrogen) atoms. The molecule has 0 aliphatic carbocycles. The first-order valence-corrected chi connectivity index (χ1v) is 10.5. The molecule has 164 valence electrons. The van der Waals surface area contributed by atoms with Crippen LogP contribution in [0.4, 0.5) is 15.9 Å². The molecule has 1 aliphatic heterocycles. The van der Waals surface area contributed by atoms with Crippen LogP contribution in [0.2, 0.25) is 0 Å². The normalized spacial score (nSPS) is 13.4. The van der Waals surface area contributed by atoms with Crippen molar-refractivity contribution in [3.05, 3.63) is 84.5 Å². The van der Waals surface area contributed by atoms with E-state index in [9.17, 15) is 14.0 Å². The molecular formula is C25H19FN4O3. The van der Waals surface area contributed by atoms with Gasteiger partial charge in [0.2, 0.25) is 5.91 Å². The predicted molar refractivity (Wildman–Crippen MR) is 121 cm³/mol. The fourth-order valence-electron chi connectivity index (χ4n) is 3.76. The second kappa shape index (κ2) is 8.66. The monoisotopic (exact) mass is 442 g/mol. The largest absolute Gasteiger partial charge is 0.463 e. The summed E-state index contributed by atoms with van der Waals surface area (Å²) in [5.41, 5.74) is 2.79. The van der Waals surface area contributed by atoms with Gasteiger partial charge in [0.25, 0.3) is 5.91 Å². The summed E-state index contributed by atoms with van der Waals surface area (Å²) in [6.45, 7) is 0.690. The van der Waals surface area contributed by atoms with E-state index in [-0.39, 0.29) is 23.4 Å². The van der Waals surface area contributed by atoms with Crippen molar-refractivity contribution in [2.24, 2.45) is 0 Å². The van der Waals surface area contributed by atoms with Crippen LogP contribution in [0.5, 0.6) is 0 Å². The van der Waals surface area contributed by atoms with Gasteiger partial charge < -0.3 is 14.6 Å². The van der Waals surface area contributed by atoms with E-state index in [2.05, 4.69) is 15.3 Å². The summed E-state index contributed by atoms with van der Waals surface area (Å²) in [5.74, 6) is 0.0987. The Kier molecular flexibility index (Phi) is 5.40. The molecule has 7 nitrogen and oxygen atoms in total. The zero-order chi connectivity index (χ0) is 22.8. The predicted octanol–water partition coefficient (Wildman–Crippen LogP) is 4.92. The summed E-state index contributed by atoms with van der Waals surface area (Å²) in [6.07, 6.45) is 4.35. The molecule has 2 aromatic carbocycles. The van der Waals surface area contributed by atoms with E-state index in [1.165, 1.54) is 24.6 Å². The van der Waals surface area contributed by atoms with Crippen LogP contribution in [0.1, 0.15) is 23.2 Å². The third-order valence-corrected chi connectivity index (χ3v) is 5.40. The molecule has 3 heterocycles. The summed E-state index contributed by atoms with van der Waals surface area (Å²) >= 11 is 0. The maximum absolute atomic E-state index is 13.4. The fourth-order valence-corrected chi connectivity index (χ4v) is 3.76. The number of nitrogens with one attached hydrogen (secondary N) is 1. The highest BCUT2D eigenvalue weighted by Crippen LogP contribution is 2.30. The summed E-state index contributed by atoms with van der Waals surface area (Å²) in [5, 5.41) is 2.75. The topological polar surface area (TPSA) is 88.3 Å².